The van der Waals surface area contributed by atoms with Crippen LogP contribution in [0, 0.1) is 0 Å². The van der Waals surface area contributed by atoms with Crippen molar-refractivity contribution in [1.29, 1.82) is 0 Å². The number of carbonyl (C=O) groups is 3. The van der Waals surface area contributed by atoms with Crippen LogP contribution in [-0.2, 0) is 9.59 Å². The minimum absolute atomic E-state index is 0.0848. The van der Waals surface area contributed by atoms with E-state index in [4.69, 9.17) is 9.47 Å². The zero-order chi connectivity index (χ0) is 20.7. The minimum Gasteiger partial charge on any atom is -0.483 e. The number of hydrogen-bond acceptors (Lipinski definition) is 5. The summed E-state index contributed by atoms with van der Waals surface area (Å²) in [6.45, 7) is 5.09. The molecule has 2 aromatic carbocycles. The molecule has 0 aliphatic heterocycles. The van der Waals surface area contributed by atoms with Crippen molar-refractivity contribution >= 4 is 23.5 Å². The molecule has 7 nitrogen and oxygen atoms in total. The summed E-state index contributed by atoms with van der Waals surface area (Å²) in [5.74, 6) is -1.33. The Morgan fingerprint density at radius 1 is 1.14 bits per heavy atom. The first-order chi connectivity index (χ1) is 13.3. The quantitative estimate of drug-likeness (QED) is 0.529. The molecule has 0 aliphatic rings. The van der Waals surface area contributed by atoms with Crippen LogP contribution in [0.1, 0.15) is 49.0 Å². The highest BCUT2D eigenvalue weighted by Gasteiger charge is 2.16. The van der Waals surface area contributed by atoms with E-state index in [0.717, 1.165) is 12.0 Å². The Hall–Kier alpha value is -3.35. The molecule has 7 heteroatoms. The zero-order valence-corrected chi connectivity index (χ0v) is 16.0. The molecule has 1 unspecified atom stereocenters. The lowest BCUT2D eigenvalue weighted by molar-refractivity contribution is -0.131. The Balaban J connectivity index is 2.09. The molecule has 0 heterocycles. The molecule has 2 N–H and O–H groups in total. The summed E-state index contributed by atoms with van der Waals surface area (Å²) >= 11 is 0. The molecule has 2 rings (SSSR count). The van der Waals surface area contributed by atoms with Gasteiger partial charge >= 0.3 is 11.9 Å². The molecule has 0 aromatic heterocycles. The molecule has 0 radical (unpaired) electrons. The molecule has 28 heavy (non-hydrogen) atoms. The largest absolute Gasteiger partial charge is 0.483 e. The van der Waals surface area contributed by atoms with E-state index in [1.54, 1.807) is 6.07 Å². The van der Waals surface area contributed by atoms with Crippen molar-refractivity contribution in [3.8, 4) is 11.5 Å². The first kappa shape index (κ1) is 21.0. The maximum Gasteiger partial charge on any atom is 0.337 e. The molecule has 0 spiro atoms. The Bertz CT molecular complexity index is 877. The van der Waals surface area contributed by atoms with Crippen LogP contribution >= 0.6 is 0 Å². The van der Waals surface area contributed by atoms with Gasteiger partial charge in [-0.05, 0) is 42.2 Å². The van der Waals surface area contributed by atoms with Crippen LogP contribution in [0.5, 0.6) is 11.5 Å². The van der Waals surface area contributed by atoms with Crippen molar-refractivity contribution in [2.75, 3.05) is 11.9 Å². The topological polar surface area (TPSA) is 102 Å². The molecular formula is C21H23NO6. The van der Waals surface area contributed by atoms with Crippen molar-refractivity contribution in [2.24, 2.45) is 0 Å². The number of ether oxygens (including phenoxy) is 2. The van der Waals surface area contributed by atoms with E-state index in [1.165, 1.54) is 25.1 Å². The van der Waals surface area contributed by atoms with E-state index in [0.29, 0.717) is 5.75 Å². The van der Waals surface area contributed by atoms with E-state index < -0.39 is 17.8 Å². The van der Waals surface area contributed by atoms with Gasteiger partial charge in [-0.3, -0.25) is 9.59 Å². The summed E-state index contributed by atoms with van der Waals surface area (Å²) in [6.07, 6.45) is 0.934. The fourth-order valence-electron chi connectivity index (χ4n) is 2.61. The molecule has 0 saturated heterocycles. The number of carboxylic acids is 1. The van der Waals surface area contributed by atoms with E-state index in [-0.39, 0.29) is 29.5 Å². The van der Waals surface area contributed by atoms with E-state index in [2.05, 4.69) is 19.2 Å². The van der Waals surface area contributed by atoms with Gasteiger partial charge in [-0.25, -0.2) is 4.79 Å². The van der Waals surface area contributed by atoms with E-state index in [1.807, 2.05) is 18.2 Å². The number of nitrogens with one attached hydrogen (secondary N) is 1. The van der Waals surface area contributed by atoms with Crippen molar-refractivity contribution in [3.63, 3.8) is 0 Å². The normalized spacial score (nSPS) is 11.4. The van der Waals surface area contributed by atoms with Crippen LogP contribution in [0.2, 0.25) is 0 Å². The Morgan fingerprint density at radius 2 is 1.86 bits per heavy atom. The number of benzene rings is 2. The summed E-state index contributed by atoms with van der Waals surface area (Å²) in [5.41, 5.74) is 0.911. The molecule has 0 bridgehead atoms. The van der Waals surface area contributed by atoms with Crippen LogP contribution in [0.3, 0.4) is 0 Å². The predicted molar refractivity (Wildman–Crippen MR) is 104 cm³/mol. The Labute approximate surface area is 163 Å². The van der Waals surface area contributed by atoms with Crippen LogP contribution in [0.15, 0.2) is 42.5 Å². The number of para-hydroxylation sites is 1. The molecule has 1 atom stereocenters. The molecule has 148 valence electrons. The highest BCUT2D eigenvalue weighted by Crippen LogP contribution is 2.28. The number of esters is 1. The highest BCUT2D eigenvalue weighted by molar-refractivity contribution is 6.01. The van der Waals surface area contributed by atoms with Gasteiger partial charge in [0.1, 0.15) is 11.5 Å². The second-order valence-corrected chi connectivity index (χ2v) is 6.29. The first-order valence-electron chi connectivity index (χ1n) is 8.89. The Morgan fingerprint density at radius 3 is 2.50 bits per heavy atom. The van der Waals surface area contributed by atoms with Gasteiger partial charge in [-0.15, -0.1) is 0 Å². The minimum atomic E-state index is -1.26. The monoisotopic (exact) mass is 385 g/mol. The van der Waals surface area contributed by atoms with Gasteiger partial charge in [0, 0.05) is 6.92 Å². The summed E-state index contributed by atoms with van der Waals surface area (Å²) < 4.78 is 10.5. The zero-order valence-electron chi connectivity index (χ0n) is 16.0. The second kappa shape index (κ2) is 9.55. The summed E-state index contributed by atoms with van der Waals surface area (Å²) in [5, 5.41) is 11.9. The van der Waals surface area contributed by atoms with Crippen LogP contribution < -0.4 is 14.8 Å². The molecule has 0 fully saturated rings. The van der Waals surface area contributed by atoms with Crippen molar-refractivity contribution in [3.05, 3.63) is 53.6 Å². The van der Waals surface area contributed by atoms with Crippen LogP contribution in [0.4, 0.5) is 5.69 Å². The van der Waals surface area contributed by atoms with Crippen molar-refractivity contribution in [2.45, 2.75) is 33.1 Å². The fourth-order valence-corrected chi connectivity index (χ4v) is 2.61. The molecular weight excluding hydrogens is 362 g/mol. The number of anilines is 1. The smallest absolute Gasteiger partial charge is 0.337 e. The third-order valence-electron chi connectivity index (χ3n) is 4.18. The molecule has 0 saturated carbocycles. The van der Waals surface area contributed by atoms with Gasteiger partial charge in [-0.2, -0.15) is 0 Å². The molecule has 1 amide bonds. The third-order valence-corrected chi connectivity index (χ3v) is 4.18. The summed E-state index contributed by atoms with van der Waals surface area (Å²) in [4.78, 5) is 34.7. The van der Waals surface area contributed by atoms with Gasteiger partial charge in [0.25, 0.3) is 5.91 Å². The number of amides is 1. The summed E-state index contributed by atoms with van der Waals surface area (Å²) in [7, 11) is 0. The van der Waals surface area contributed by atoms with Gasteiger partial charge in [0.05, 0.1) is 11.3 Å². The first-order valence-corrected chi connectivity index (χ1v) is 8.89. The maximum absolute atomic E-state index is 12.3. The second-order valence-electron chi connectivity index (χ2n) is 6.29. The van der Waals surface area contributed by atoms with Gasteiger partial charge < -0.3 is 19.9 Å². The lowest BCUT2D eigenvalue weighted by atomic mass is 9.98. The van der Waals surface area contributed by atoms with Crippen molar-refractivity contribution in [1.82, 2.24) is 0 Å². The number of hydrogen-bond donors (Lipinski definition) is 2. The van der Waals surface area contributed by atoms with Gasteiger partial charge in [0.15, 0.2) is 6.61 Å². The van der Waals surface area contributed by atoms with E-state index >= 15 is 0 Å². The lowest BCUT2D eigenvalue weighted by Crippen LogP contribution is -2.22. The SMILES string of the molecule is CCC(C)c1ccccc1OCC(=O)Nc1ccc(OC(C)=O)cc1C(=O)O. The average molecular weight is 385 g/mol. The molecule has 0 aliphatic carbocycles. The van der Waals surface area contributed by atoms with Gasteiger partial charge in [0.2, 0.25) is 0 Å². The standard InChI is InChI=1S/C21H23NO6/c1-4-13(2)16-7-5-6-8-19(16)27-12-20(24)22-18-10-9-15(28-14(3)23)11-17(18)21(25)26/h5-11,13H,4,12H2,1-3H3,(H,22,24)(H,25,26). The number of rotatable bonds is 8. The molecule has 2 aromatic rings. The lowest BCUT2D eigenvalue weighted by Gasteiger charge is -2.16. The predicted octanol–water partition coefficient (Wildman–Crippen LogP) is 3.84. The number of carboxylic acid groups (broad SMARTS) is 1. The van der Waals surface area contributed by atoms with Crippen LogP contribution in [-0.4, -0.2) is 29.6 Å². The van der Waals surface area contributed by atoms with Gasteiger partial charge in [-0.1, -0.05) is 32.0 Å². The third kappa shape index (κ3) is 5.57. The van der Waals surface area contributed by atoms with Crippen molar-refractivity contribution < 1.29 is 29.0 Å². The summed E-state index contributed by atoms with van der Waals surface area (Å²) in [6, 6.07) is 11.4. The average Bonchev–Trinajstić information content (AvgIpc) is 2.66. The fraction of sp³-hybridized carbons (Fsp3) is 0.286. The van der Waals surface area contributed by atoms with Crippen LogP contribution in [0.25, 0.3) is 0 Å². The Kier molecular flexibility index (Phi) is 7.14. The number of carbonyl (C=O) groups excluding carboxylic acids is 2. The number of aromatic carboxylic acids is 1. The van der Waals surface area contributed by atoms with E-state index in [9.17, 15) is 19.5 Å². The highest BCUT2D eigenvalue weighted by atomic mass is 16.5. The maximum atomic E-state index is 12.3.